The normalized spacial score (nSPS) is 11.8. The van der Waals surface area contributed by atoms with E-state index in [-0.39, 0.29) is 11.2 Å². The molecule has 0 saturated carbocycles. The first-order valence-electron chi connectivity index (χ1n) is 6.63. The summed E-state index contributed by atoms with van der Waals surface area (Å²) in [5.41, 5.74) is -0.758. The number of aromatic hydroxyl groups is 1. The van der Waals surface area contributed by atoms with Crippen LogP contribution in [-0.2, 0) is 6.54 Å². The second-order valence-electron chi connectivity index (χ2n) is 4.86. The van der Waals surface area contributed by atoms with Crippen molar-refractivity contribution in [3.05, 3.63) is 59.0 Å². The summed E-state index contributed by atoms with van der Waals surface area (Å²) in [6, 6.07) is 10.7. The zero-order valence-electron chi connectivity index (χ0n) is 11.7. The van der Waals surface area contributed by atoms with Gasteiger partial charge in [-0.05, 0) is 11.6 Å². The van der Waals surface area contributed by atoms with Crippen LogP contribution in [0.15, 0.2) is 53.5 Å². The van der Waals surface area contributed by atoms with E-state index in [0.29, 0.717) is 10.1 Å². The van der Waals surface area contributed by atoms with Gasteiger partial charge in [0.05, 0.1) is 6.20 Å². The fraction of sp³-hybridized carbons (Fsp3) is 0.133. The number of aromatic nitrogens is 3. The molecule has 3 rings (SSSR count). The third-order valence-electron chi connectivity index (χ3n) is 3.29. The Labute approximate surface area is 127 Å². The summed E-state index contributed by atoms with van der Waals surface area (Å²) in [6.07, 6.45) is -3.28. The van der Waals surface area contributed by atoms with Crippen LogP contribution < -0.4 is 10.1 Å². The molecule has 0 saturated heterocycles. The average molecular weight is 322 g/mol. The molecule has 0 amide bonds. The highest BCUT2D eigenvalue weighted by Crippen LogP contribution is 2.24. The van der Waals surface area contributed by atoms with Gasteiger partial charge in [-0.25, -0.2) is 4.79 Å². The van der Waals surface area contributed by atoms with Crippen molar-refractivity contribution in [2.24, 2.45) is 0 Å². The number of rotatable bonds is 2. The van der Waals surface area contributed by atoms with Crippen molar-refractivity contribution in [1.82, 2.24) is 9.61 Å². The number of hydrogen-bond donors (Lipinski definition) is 1. The lowest BCUT2D eigenvalue weighted by Gasteiger charge is -2.10. The lowest BCUT2D eigenvalue weighted by Crippen LogP contribution is -2.46. The van der Waals surface area contributed by atoms with E-state index >= 15 is 0 Å². The Hall–Kier alpha value is -2.90. The van der Waals surface area contributed by atoms with E-state index in [0.717, 1.165) is 4.52 Å². The zero-order valence-corrected chi connectivity index (χ0v) is 11.7. The molecule has 0 fully saturated rings. The van der Waals surface area contributed by atoms with Gasteiger partial charge < -0.3 is 5.11 Å². The van der Waals surface area contributed by atoms with Crippen LogP contribution in [0.3, 0.4) is 0 Å². The number of benzene rings is 1. The van der Waals surface area contributed by atoms with Gasteiger partial charge in [0.2, 0.25) is 0 Å². The van der Waals surface area contributed by atoms with Crippen LogP contribution in [0.1, 0.15) is 0 Å². The fourth-order valence-corrected chi connectivity index (χ4v) is 2.36. The molecule has 0 radical (unpaired) electrons. The average Bonchev–Trinajstić information content (AvgIpc) is 2.52. The second kappa shape index (κ2) is 5.38. The third-order valence-corrected chi connectivity index (χ3v) is 3.29. The van der Waals surface area contributed by atoms with Crippen LogP contribution in [0.2, 0.25) is 0 Å². The first-order valence-corrected chi connectivity index (χ1v) is 6.63. The van der Waals surface area contributed by atoms with Crippen molar-refractivity contribution in [3.63, 3.8) is 0 Å². The van der Waals surface area contributed by atoms with Crippen molar-refractivity contribution in [3.8, 4) is 17.0 Å². The summed E-state index contributed by atoms with van der Waals surface area (Å²) in [4.78, 5) is 12.5. The van der Waals surface area contributed by atoms with Gasteiger partial charge in [-0.2, -0.15) is 17.7 Å². The number of nitrogens with zero attached hydrogens (tertiary/aromatic N) is 3. The largest absolute Gasteiger partial charge is 0.477 e. The molecule has 118 valence electrons. The fourth-order valence-electron chi connectivity index (χ4n) is 2.36. The van der Waals surface area contributed by atoms with Gasteiger partial charge in [-0.1, -0.05) is 39.9 Å². The van der Waals surface area contributed by atoms with E-state index in [1.54, 1.807) is 18.2 Å². The minimum absolute atomic E-state index is 0.146. The van der Waals surface area contributed by atoms with Gasteiger partial charge in [0, 0.05) is 6.07 Å². The van der Waals surface area contributed by atoms with Gasteiger partial charge in [0.1, 0.15) is 0 Å². The second-order valence-corrected chi connectivity index (χ2v) is 4.86. The molecular weight excluding hydrogens is 311 g/mol. The monoisotopic (exact) mass is 322 g/mol. The summed E-state index contributed by atoms with van der Waals surface area (Å²) >= 11 is 0. The van der Waals surface area contributed by atoms with Crippen molar-refractivity contribution < 1.29 is 22.8 Å². The van der Waals surface area contributed by atoms with Crippen molar-refractivity contribution >= 4 is 5.65 Å². The first-order chi connectivity index (χ1) is 10.9. The van der Waals surface area contributed by atoms with Crippen molar-refractivity contribution in [2.45, 2.75) is 12.7 Å². The molecule has 0 unspecified atom stereocenters. The number of hydrogen-bond acceptors (Lipinski definition) is 3. The van der Waals surface area contributed by atoms with E-state index in [4.69, 9.17) is 0 Å². The SMILES string of the molecule is O=c1c(-c2ccccc2)c(O)[n+](CC(F)(F)F)c2cccnn12. The highest BCUT2D eigenvalue weighted by atomic mass is 19.4. The van der Waals surface area contributed by atoms with E-state index in [1.807, 2.05) is 0 Å². The lowest BCUT2D eigenvalue weighted by atomic mass is 10.1. The van der Waals surface area contributed by atoms with Gasteiger partial charge in [-0.15, -0.1) is 0 Å². The molecule has 2 heterocycles. The molecule has 0 aliphatic rings. The molecular formula is C15H11F3N3O2+. The maximum atomic E-state index is 12.8. The van der Waals surface area contributed by atoms with Crippen LogP contribution >= 0.6 is 0 Å². The minimum atomic E-state index is -4.57. The summed E-state index contributed by atoms with van der Waals surface area (Å²) < 4.78 is 40.0. The van der Waals surface area contributed by atoms with Gasteiger partial charge in [0.25, 0.3) is 5.88 Å². The Kier molecular flexibility index (Phi) is 3.51. The predicted molar refractivity (Wildman–Crippen MR) is 74.8 cm³/mol. The standard InChI is InChI=1S/C15H10F3N3O2/c16-15(17,18)9-20-11-7-4-8-19-21(11)14(23)12(13(20)22)10-5-2-1-3-6-10/h1-8H,9H2/p+1. The van der Waals surface area contributed by atoms with E-state index in [2.05, 4.69) is 5.10 Å². The molecule has 1 aromatic carbocycles. The van der Waals surface area contributed by atoms with Crippen molar-refractivity contribution in [1.29, 1.82) is 0 Å². The molecule has 8 heteroatoms. The molecule has 5 nitrogen and oxygen atoms in total. The van der Waals surface area contributed by atoms with Gasteiger partial charge in [-0.3, -0.25) is 0 Å². The Bertz CT molecular complexity index is 921. The Balaban J connectivity index is 2.40. The van der Waals surface area contributed by atoms with Gasteiger partial charge >= 0.3 is 17.4 Å². The number of fused-ring (bicyclic) bond motifs is 1. The molecule has 1 N–H and O–H groups in total. The van der Waals surface area contributed by atoms with Crippen LogP contribution in [0, 0.1) is 0 Å². The topological polar surface area (TPSA) is 58.5 Å². The molecule has 3 aromatic rings. The molecule has 2 aromatic heterocycles. The van der Waals surface area contributed by atoms with Crippen LogP contribution in [0.5, 0.6) is 5.88 Å². The number of halogens is 3. The Morgan fingerprint density at radius 2 is 1.83 bits per heavy atom. The van der Waals surface area contributed by atoms with E-state index in [1.165, 1.54) is 30.5 Å². The highest BCUT2D eigenvalue weighted by Gasteiger charge is 2.36. The Morgan fingerprint density at radius 3 is 2.48 bits per heavy atom. The minimum Gasteiger partial charge on any atom is -0.477 e. The maximum Gasteiger partial charge on any atom is 0.426 e. The quantitative estimate of drug-likeness (QED) is 0.733. The maximum absolute atomic E-state index is 12.8. The van der Waals surface area contributed by atoms with Crippen LogP contribution in [-0.4, -0.2) is 20.9 Å². The first kappa shape index (κ1) is 15.0. The van der Waals surface area contributed by atoms with Crippen LogP contribution in [0.4, 0.5) is 13.2 Å². The van der Waals surface area contributed by atoms with Crippen molar-refractivity contribution in [2.75, 3.05) is 0 Å². The number of alkyl halides is 3. The molecule has 0 aliphatic heterocycles. The molecule has 0 atom stereocenters. The zero-order chi connectivity index (χ0) is 16.6. The highest BCUT2D eigenvalue weighted by molar-refractivity contribution is 5.66. The summed E-state index contributed by atoms with van der Waals surface area (Å²) in [5, 5.41) is 14.1. The van der Waals surface area contributed by atoms with E-state index < -0.39 is 24.2 Å². The molecule has 0 spiro atoms. The molecule has 0 bridgehead atoms. The summed E-state index contributed by atoms with van der Waals surface area (Å²) in [6.45, 7) is -1.44. The lowest BCUT2D eigenvalue weighted by molar-refractivity contribution is -0.703. The van der Waals surface area contributed by atoms with E-state index in [9.17, 15) is 23.1 Å². The van der Waals surface area contributed by atoms with Gasteiger partial charge in [0.15, 0.2) is 12.1 Å². The summed E-state index contributed by atoms with van der Waals surface area (Å²) in [7, 11) is 0. The molecule has 0 aliphatic carbocycles. The third kappa shape index (κ3) is 2.75. The smallest absolute Gasteiger partial charge is 0.426 e. The molecule has 23 heavy (non-hydrogen) atoms. The predicted octanol–water partition coefficient (Wildman–Crippen LogP) is 1.92. The summed E-state index contributed by atoms with van der Waals surface area (Å²) in [5.74, 6) is -0.744. The van der Waals surface area contributed by atoms with Crippen LogP contribution in [0.25, 0.3) is 16.8 Å². The Morgan fingerprint density at radius 1 is 1.13 bits per heavy atom.